The number of halogens is 1. The van der Waals surface area contributed by atoms with E-state index in [0.29, 0.717) is 0 Å². The highest BCUT2D eigenvalue weighted by Crippen LogP contribution is 2.48. The molecule has 0 bridgehead atoms. The Balaban J connectivity index is 4.28. The third-order valence-electron chi connectivity index (χ3n) is 1.27. The second-order valence-corrected chi connectivity index (χ2v) is 4.87. The molecule has 0 saturated heterocycles. The van der Waals surface area contributed by atoms with Crippen molar-refractivity contribution in [3.8, 4) is 12.3 Å². The van der Waals surface area contributed by atoms with Gasteiger partial charge in [-0.1, -0.05) is 5.92 Å². The number of carbonyl (C=O) groups is 1. The van der Waals surface area contributed by atoms with Crippen LogP contribution in [0.15, 0.2) is 0 Å². The van der Waals surface area contributed by atoms with E-state index in [1.807, 2.05) is 5.92 Å². The van der Waals surface area contributed by atoms with E-state index in [9.17, 15) is 13.8 Å². The summed E-state index contributed by atoms with van der Waals surface area (Å²) in [5.41, 5.74) is 0. The quantitative estimate of drug-likeness (QED) is 0.393. The Morgan fingerprint density at radius 3 is 2.69 bits per heavy atom. The summed E-state index contributed by atoms with van der Waals surface area (Å²) in [6, 6.07) is 0. The average molecular weight is 208 g/mol. The molecule has 0 aliphatic heterocycles. The number of ether oxygens (including phenoxy) is 1. The Kier molecular flexibility index (Phi) is 4.68. The molecule has 0 fully saturated rings. The Bertz CT molecular complexity index is 270. The molecule has 0 saturated carbocycles. The van der Waals surface area contributed by atoms with Crippen molar-refractivity contribution in [2.45, 2.75) is 5.91 Å². The van der Waals surface area contributed by atoms with Gasteiger partial charge in [0.05, 0.1) is 0 Å². The lowest BCUT2D eigenvalue weighted by atomic mass is 10.7. The monoisotopic (exact) mass is 208 g/mol. The van der Waals surface area contributed by atoms with Crippen molar-refractivity contribution in [1.29, 1.82) is 0 Å². The highest BCUT2D eigenvalue weighted by Gasteiger charge is 2.36. The summed E-state index contributed by atoms with van der Waals surface area (Å²) in [7, 11) is -2.51. The number of rotatable bonds is 4. The van der Waals surface area contributed by atoms with Gasteiger partial charge < -0.3 is 9.26 Å². The number of esters is 1. The van der Waals surface area contributed by atoms with Crippen LogP contribution in [0.25, 0.3) is 0 Å². The second-order valence-electron chi connectivity index (χ2n) is 2.24. The van der Waals surface area contributed by atoms with Crippen LogP contribution >= 0.6 is 7.37 Å². The first-order chi connectivity index (χ1) is 5.95. The van der Waals surface area contributed by atoms with E-state index in [1.54, 1.807) is 0 Å². The summed E-state index contributed by atoms with van der Waals surface area (Å²) in [4.78, 5) is 10.8. The van der Waals surface area contributed by atoms with Crippen molar-refractivity contribution >= 4 is 13.3 Å². The normalized spacial score (nSPS) is 16.8. The molecule has 0 heterocycles. The van der Waals surface area contributed by atoms with Gasteiger partial charge in [0.1, 0.15) is 0 Å². The van der Waals surface area contributed by atoms with E-state index in [4.69, 9.17) is 6.42 Å². The summed E-state index contributed by atoms with van der Waals surface area (Å²) in [6.07, 6.45) is 4.77. The van der Waals surface area contributed by atoms with Gasteiger partial charge in [0, 0.05) is 13.8 Å². The van der Waals surface area contributed by atoms with Crippen molar-refractivity contribution in [2.75, 3.05) is 20.4 Å². The van der Waals surface area contributed by atoms with Crippen molar-refractivity contribution in [3.63, 3.8) is 0 Å². The SMILES string of the molecule is C#CCOC(=O)C(F)P(C)(=O)OC. The van der Waals surface area contributed by atoms with Crippen LogP contribution in [0.2, 0.25) is 0 Å². The molecule has 0 aromatic rings. The number of hydrogen-bond acceptors (Lipinski definition) is 4. The van der Waals surface area contributed by atoms with E-state index < -0.39 is 19.3 Å². The zero-order chi connectivity index (χ0) is 10.5. The molecular formula is C7H10FO4P. The molecule has 4 nitrogen and oxygen atoms in total. The van der Waals surface area contributed by atoms with E-state index in [2.05, 4.69) is 9.26 Å². The highest BCUT2D eigenvalue weighted by molar-refractivity contribution is 7.59. The second kappa shape index (κ2) is 5.00. The van der Waals surface area contributed by atoms with E-state index >= 15 is 0 Å². The van der Waals surface area contributed by atoms with Crippen molar-refractivity contribution < 1.29 is 23.0 Å². The van der Waals surface area contributed by atoms with Crippen molar-refractivity contribution in [2.24, 2.45) is 0 Å². The Hall–Kier alpha value is -0.850. The molecule has 2 atom stereocenters. The molecule has 13 heavy (non-hydrogen) atoms. The first-order valence-electron chi connectivity index (χ1n) is 3.32. The van der Waals surface area contributed by atoms with Crippen LogP contribution in [0.5, 0.6) is 0 Å². The highest BCUT2D eigenvalue weighted by atomic mass is 31.2. The third-order valence-corrected chi connectivity index (χ3v) is 3.03. The molecule has 0 amide bonds. The smallest absolute Gasteiger partial charge is 0.351 e. The van der Waals surface area contributed by atoms with Crippen LogP contribution in [0.1, 0.15) is 0 Å². The van der Waals surface area contributed by atoms with Gasteiger partial charge in [-0.25, -0.2) is 9.18 Å². The average Bonchev–Trinajstić information content (AvgIpc) is 2.12. The molecule has 0 spiro atoms. The maximum absolute atomic E-state index is 13.0. The summed E-state index contributed by atoms with van der Waals surface area (Å²) < 4.78 is 32.7. The summed E-state index contributed by atoms with van der Waals surface area (Å²) >= 11 is 0. The number of terminal acetylenes is 1. The predicted octanol–water partition coefficient (Wildman–Crippen LogP) is 1.01. The van der Waals surface area contributed by atoms with Gasteiger partial charge in [-0.05, 0) is 0 Å². The number of carbonyl (C=O) groups excluding carboxylic acids is 1. The van der Waals surface area contributed by atoms with E-state index in [1.165, 1.54) is 0 Å². The van der Waals surface area contributed by atoms with Gasteiger partial charge in [-0.15, -0.1) is 6.42 Å². The topological polar surface area (TPSA) is 52.6 Å². The molecule has 74 valence electrons. The standard InChI is InChI=1S/C7H10FO4P/c1-4-5-12-7(9)6(8)13(3,10)11-2/h1,6H,5H2,2-3H3. The maximum Gasteiger partial charge on any atom is 0.351 e. The number of alkyl halides is 1. The zero-order valence-corrected chi connectivity index (χ0v) is 8.21. The minimum Gasteiger partial charge on any atom is -0.450 e. The van der Waals surface area contributed by atoms with Gasteiger partial charge in [-0.3, -0.25) is 4.57 Å². The molecule has 0 rings (SSSR count). The lowest BCUT2D eigenvalue weighted by Gasteiger charge is -2.13. The van der Waals surface area contributed by atoms with Crippen molar-refractivity contribution in [3.05, 3.63) is 0 Å². The fraction of sp³-hybridized carbons (Fsp3) is 0.571. The summed E-state index contributed by atoms with van der Waals surface area (Å²) in [6.45, 7) is 0.664. The van der Waals surface area contributed by atoms with Crippen LogP contribution in [0, 0.1) is 12.3 Å². The molecule has 0 aromatic carbocycles. The molecular weight excluding hydrogens is 198 g/mol. The van der Waals surface area contributed by atoms with E-state index in [0.717, 1.165) is 13.8 Å². The van der Waals surface area contributed by atoms with Gasteiger partial charge in [0.25, 0.3) is 5.91 Å². The molecule has 2 unspecified atom stereocenters. The molecule has 0 radical (unpaired) electrons. The van der Waals surface area contributed by atoms with Crippen LogP contribution in [-0.2, 0) is 18.6 Å². The minimum absolute atomic E-state index is 0.344. The first kappa shape index (κ1) is 12.2. The summed E-state index contributed by atoms with van der Waals surface area (Å²) in [5, 5.41) is 0. The van der Waals surface area contributed by atoms with Crippen LogP contribution in [0.4, 0.5) is 4.39 Å². The van der Waals surface area contributed by atoms with Crippen molar-refractivity contribution in [1.82, 2.24) is 0 Å². The Labute approximate surface area is 75.9 Å². The fourth-order valence-electron chi connectivity index (χ4n) is 0.466. The lowest BCUT2D eigenvalue weighted by molar-refractivity contribution is -0.145. The maximum atomic E-state index is 13.0. The van der Waals surface area contributed by atoms with Gasteiger partial charge in [0.15, 0.2) is 6.61 Å². The summed E-state index contributed by atoms with van der Waals surface area (Å²) in [5.74, 6) is -1.55. The molecule has 0 aliphatic carbocycles. The largest absolute Gasteiger partial charge is 0.450 e. The molecule has 0 aromatic heterocycles. The number of hydrogen-bond donors (Lipinski definition) is 0. The van der Waals surface area contributed by atoms with Gasteiger partial charge >= 0.3 is 5.97 Å². The van der Waals surface area contributed by atoms with Gasteiger partial charge in [0.2, 0.25) is 7.37 Å². The molecule has 0 N–H and O–H groups in total. The Morgan fingerprint density at radius 2 is 2.31 bits per heavy atom. The molecule has 0 aliphatic rings. The van der Waals surface area contributed by atoms with Crippen LogP contribution in [0.3, 0.4) is 0 Å². The van der Waals surface area contributed by atoms with Crippen LogP contribution in [-0.4, -0.2) is 32.3 Å². The fourth-order valence-corrected chi connectivity index (χ4v) is 1.11. The zero-order valence-electron chi connectivity index (χ0n) is 7.32. The van der Waals surface area contributed by atoms with Crippen LogP contribution < -0.4 is 0 Å². The minimum atomic E-state index is -3.57. The Morgan fingerprint density at radius 1 is 1.77 bits per heavy atom. The van der Waals surface area contributed by atoms with E-state index in [-0.39, 0.29) is 6.61 Å². The lowest BCUT2D eigenvalue weighted by Crippen LogP contribution is -2.19. The first-order valence-corrected chi connectivity index (χ1v) is 5.47. The predicted molar refractivity (Wildman–Crippen MR) is 45.2 cm³/mol. The van der Waals surface area contributed by atoms with Gasteiger partial charge in [-0.2, -0.15) is 0 Å². The molecule has 6 heteroatoms. The third kappa shape index (κ3) is 3.58.